The van der Waals surface area contributed by atoms with Crippen molar-refractivity contribution < 1.29 is 9.47 Å². The van der Waals surface area contributed by atoms with Crippen LogP contribution in [0.3, 0.4) is 0 Å². The molecule has 3 aromatic rings. The molecule has 30 heavy (non-hydrogen) atoms. The number of allylic oxidation sites excluding steroid dienone is 1. The lowest BCUT2D eigenvalue weighted by Crippen LogP contribution is -2.01. The van der Waals surface area contributed by atoms with Gasteiger partial charge in [-0.2, -0.15) is 5.26 Å². The molecule has 0 fully saturated rings. The molecule has 0 N–H and O–H groups in total. The first-order chi connectivity index (χ1) is 14.5. The van der Waals surface area contributed by atoms with E-state index in [0.29, 0.717) is 49.9 Å². The Morgan fingerprint density at radius 1 is 0.933 bits per heavy atom. The molecular weight excluding hydrogens is 441 g/mol. The minimum Gasteiger partial charge on any atom is -0.490 e. The minimum atomic E-state index is 0.248. The fourth-order valence-corrected chi connectivity index (χ4v) is 3.56. The highest BCUT2D eigenvalue weighted by atomic mass is 35.5. The molecule has 0 atom stereocenters. The highest BCUT2D eigenvalue weighted by molar-refractivity contribution is 6.33. The molecule has 0 heterocycles. The monoisotopic (exact) mass is 457 g/mol. The molecule has 0 aliphatic rings. The third-order valence-corrected chi connectivity index (χ3v) is 5.24. The first-order valence-electron chi connectivity index (χ1n) is 9.22. The number of hydrogen-bond acceptors (Lipinski definition) is 3. The molecule has 3 aromatic carbocycles. The molecule has 0 aliphatic carbocycles. The Bertz CT molecular complexity index is 1120. The summed E-state index contributed by atoms with van der Waals surface area (Å²) in [6, 6.07) is 20.3. The summed E-state index contributed by atoms with van der Waals surface area (Å²) in [6.45, 7) is 2.55. The maximum Gasteiger partial charge on any atom is 0.180 e. The van der Waals surface area contributed by atoms with Gasteiger partial charge < -0.3 is 9.47 Å². The quantitative estimate of drug-likeness (QED) is 0.269. The van der Waals surface area contributed by atoms with Crippen molar-refractivity contribution in [2.75, 3.05) is 6.61 Å². The highest BCUT2D eigenvalue weighted by Crippen LogP contribution is 2.38. The number of halogens is 3. The van der Waals surface area contributed by atoms with Crippen LogP contribution in [-0.4, -0.2) is 6.61 Å². The minimum absolute atomic E-state index is 0.248. The molecule has 6 heteroatoms. The molecule has 0 spiro atoms. The van der Waals surface area contributed by atoms with Crippen molar-refractivity contribution in [3.8, 4) is 17.6 Å². The van der Waals surface area contributed by atoms with Crippen LogP contribution in [0.1, 0.15) is 23.6 Å². The standard InChI is InChI=1S/C24H18Cl3NO2/c1-2-29-23-13-16(11-18(14-28)19-8-4-6-10-21(19)26)12-22(27)24(23)30-15-17-7-3-5-9-20(17)25/h3-13H,2,15H2,1H3. The fraction of sp³-hybridized carbons (Fsp3) is 0.125. The Labute approximate surface area is 191 Å². The van der Waals surface area contributed by atoms with E-state index in [1.165, 1.54) is 0 Å². The van der Waals surface area contributed by atoms with Crippen LogP contribution in [0.15, 0.2) is 60.7 Å². The largest absolute Gasteiger partial charge is 0.490 e. The summed E-state index contributed by atoms with van der Waals surface area (Å²) >= 11 is 19.0. The molecule has 0 bridgehead atoms. The molecule has 3 rings (SSSR count). The number of benzene rings is 3. The molecule has 3 nitrogen and oxygen atoms in total. The fourth-order valence-electron chi connectivity index (χ4n) is 2.86. The van der Waals surface area contributed by atoms with Crippen molar-refractivity contribution in [1.82, 2.24) is 0 Å². The number of nitriles is 1. The zero-order chi connectivity index (χ0) is 21.5. The van der Waals surface area contributed by atoms with Gasteiger partial charge in [0.2, 0.25) is 0 Å². The van der Waals surface area contributed by atoms with Crippen LogP contribution in [0.2, 0.25) is 15.1 Å². The molecule has 0 saturated heterocycles. The second-order valence-electron chi connectivity index (χ2n) is 6.29. The number of hydrogen-bond donors (Lipinski definition) is 0. The van der Waals surface area contributed by atoms with Gasteiger partial charge in [0.05, 0.1) is 23.3 Å². The van der Waals surface area contributed by atoms with E-state index < -0.39 is 0 Å². The lowest BCUT2D eigenvalue weighted by Gasteiger charge is -2.15. The van der Waals surface area contributed by atoms with Crippen molar-refractivity contribution in [1.29, 1.82) is 5.26 Å². The maximum atomic E-state index is 9.62. The molecule has 0 amide bonds. The van der Waals surface area contributed by atoms with Gasteiger partial charge >= 0.3 is 0 Å². The van der Waals surface area contributed by atoms with Crippen LogP contribution in [0.4, 0.5) is 0 Å². The van der Waals surface area contributed by atoms with Gasteiger partial charge in [-0.05, 0) is 42.8 Å². The van der Waals surface area contributed by atoms with Gasteiger partial charge in [-0.1, -0.05) is 71.2 Å². The Morgan fingerprint density at radius 2 is 1.63 bits per heavy atom. The van der Waals surface area contributed by atoms with Gasteiger partial charge in [0, 0.05) is 21.2 Å². The predicted molar refractivity (Wildman–Crippen MR) is 123 cm³/mol. The predicted octanol–water partition coefficient (Wildman–Crippen LogP) is 7.69. The number of nitrogens with zero attached hydrogens (tertiary/aromatic N) is 1. The first kappa shape index (κ1) is 22.1. The Morgan fingerprint density at radius 3 is 2.30 bits per heavy atom. The lowest BCUT2D eigenvalue weighted by molar-refractivity contribution is 0.269. The van der Waals surface area contributed by atoms with Crippen LogP contribution < -0.4 is 9.47 Å². The molecule has 0 aliphatic heterocycles. The molecular formula is C24H18Cl3NO2. The summed E-state index contributed by atoms with van der Waals surface area (Å²) < 4.78 is 11.7. The zero-order valence-electron chi connectivity index (χ0n) is 16.2. The summed E-state index contributed by atoms with van der Waals surface area (Å²) in [4.78, 5) is 0. The normalized spacial score (nSPS) is 11.1. The second kappa shape index (κ2) is 10.4. The maximum absolute atomic E-state index is 9.62. The average molecular weight is 459 g/mol. The van der Waals surface area contributed by atoms with Crippen LogP contribution in [-0.2, 0) is 6.61 Å². The van der Waals surface area contributed by atoms with E-state index in [1.54, 1.807) is 36.4 Å². The van der Waals surface area contributed by atoms with E-state index in [2.05, 4.69) is 6.07 Å². The third kappa shape index (κ3) is 5.29. The van der Waals surface area contributed by atoms with Gasteiger partial charge in [-0.25, -0.2) is 0 Å². The SMILES string of the molecule is CCOc1cc(C=C(C#N)c2ccccc2Cl)cc(Cl)c1OCc1ccccc1Cl. The summed E-state index contributed by atoms with van der Waals surface area (Å²) in [5.41, 5.74) is 2.61. The van der Waals surface area contributed by atoms with Crippen molar-refractivity contribution in [2.24, 2.45) is 0 Å². The van der Waals surface area contributed by atoms with Gasteiger partial charge in [0.1, 0.15) is 6.61 Å². The molecule has 0 radical (unpaired) electrons. The van der Waals surface area contributed by atoms with Gasteiger partial charge in [-0.3, -0.25) is 0 Å². The zero-order valence-corrected chi connectivity index (χ0v) is 18.4. The number of rotatable bonds is 7. The average Bonchev–Trinajstić information content (AvgIpc) is 2.73. The van der Waals surface area contributed by atoms with Gasteiger partial charge in [0.15, 0.2) is 11.5 Å². The van der Waals surface area contributed by atoms with E-state index >= 15 is 0 Å². The van der Waals surface area contributed by atoms with Crippen molar-refractivity contribution >= 4 is 46.5 Å². The van der Waals surface area contributed by atoms with E-state index in [9.17, 15) is 5.26 Å². The van der Waals surface area contributed by atoms with Crippen LogP contribution in [0, 0.1) is 11.3 Å². The van der Waals surface area contributed by atoms with Crippen LogP contribution in [0.5, 0.6) is 11.5 Å². The van der Waals surface area contributed by atoms with Crippen molar-refractivity contribution in [3.63, 3.8) is 0 Å². The lowest BCUT2D eigenvalue weighted by atomic mass is 10.0. The second-order valence-corrected chi connectivity index (χ2v) is 7.51. The van der Waals surface area contributed by atoms with Crippen LogP contribution >= 0.6 is 34.8 Å². The van der Waals surface area contributed by atoms with Crippen molar-refractivity contribution in [3.05, 3.63) is 92.4 Å². The molecule has 0 saturated carbocycles. The Kier molecular flexibility index (Phi) is 7.65. The van der Waals surface area contributed by atoms with Crippen molar-refractivity contribution in [2.45, 2.75) is 13.5 Å². The van der Waals surface area contributed by atoms with E-state index in [0.717, 1.165) is 5.56 Å². The summed E-state index contributed by atoms with van der Waals surface area (Å²) in [5, 5.41) is 11.1. The molecule has 0 aromatic heterocycles. The first-order valence-corrected chi connectivity index (χ1v) is 10.4. The van der Waals surface area contributed by atoms with E-state index in [1.807, 2.05) is 37.3 Å². The third-order valence-electron chi connectivity index (χ3n) is 4.26. The summed E-state index contributed by atoms with van der Waals surface area (Å²) in [5.74, 6) is 0.909. The van der Waals surface area contributed by atoms with Gasteiger partial charge in [0.25, 0.3) is 0 Å². The number of ether oxygens (including phenoxy) is 2. The van der Waals surface area contributed by atoms with Gasteiger partial charge in [-0.15, -0.1) is 0 Å². The molecule has 0 unspecified atom stereocenters. The summed E-state index contributed by atoms with van der Waals surface area (Å²) in [6.07, 6.45) is 1.72. The topological polar surface area (TPSA) is 42.2 Å². The molecule has 152 valence electrons. The Hall–Kier alpha value is -2.64. The smallest absolute Gasteiger partial charge is 0.180 e. The summed E-state index contributed by atoms with van der Waals surface area (Å²) in [7, 11) is 0. The van der Waals surface area contributed by atoms with E-state index in [4.69, 9.17) is 44.3 Å². The Balaban J connectivity index is 1.95. The van der Waals surface area contributed by atoms with Crippen LogP contribution in [0.25, 0.3) is 11.6 Å². The highest BCUT2D eigenvalue weighted by Gasteiger charge is 2.14. The van der Waals surface area contributed by atoms with E-state index in [-0.39, 0.29) is 6.61 Å².